The molecule has 0 atom stereocenters. The minimum atomic E-state index is -0.0761. The number of thioether (sulfide) groups is 1. The van der Waals surface area contributed by atoms with Crippen LogP contribution in [0.1, 0.15) is 26.2 Å². The largest absolute Gasteiger partial charge is 0.465 e. The fourth-order valence-corrected chi connectivity index (χ4v) is 2.67. The van der Waals surface area contributed by atoms with E-state index in [1.807, 2.05) is 6.92 Å². The summed E-state index contributed by atoms with van der Waals surface area (Å²) in [5.41, 5.74) is 0. The highest BCUT2D eigenvalue weighted by Crippen LogP contribution is 2.18. The number of esters is 1. The van der Waals surface area contributed by atoms with Crippen LogP contribution in [0.25, 0.3) is 0 Å². The average molecular weight is 231 g/mol. The average Bonchev–Trinajstić information content (AvgIpc) is 2.26. The predicted octanol–water partition coefficient (Wildman–Crippen LogP) is 1.67. The Balaban J connectivity index is 1.93. The van der Waals surface area contributed by atoms with E-state index in [2.05, 4.69) is 5.32 Å². The molecule has 3 nitrogen and oxygen atoms in total. The van der Waals surface area contributed by atoms with Crippen LogP contribution in [0.2, 0.25) is 0 Å². The number of piperidine rings is 1. The smallest absolute Gasteiger partial charge is 0.315 e. The summed E-state index contributed by atoms with van der Waals surface area (Å²) >= 11 is 1.70. The molecule has 0 saturated carbocycles. The maximum absolute atomic E-state index is 11.0. The maximum atomic E-state index is 11.0. The van der Waals surface area contributed by atoms with Crippen molar-refractivity contribution in [2.24, 2.45) is 5.92 Å². The van der Waals surface area contributed by atoms with Gasteiger partial charge in [-0.3, -0.25) is 4.79 Å². The Bertz CT molecular complexity index is 181. The Morgan fingerprint density at radius 2 is 2.20 bits per heavy atom. The van der Waals surface area contributed by atoms with Gasteiger partial charge in [-0.2, -0.15) is 11.8 Å². The number of carbonyl (C=O) groups is 1. The van der Waals surface area contributed by atoms with Gasteiger partial charge in [-0.05, 0) is 50.9 Å². The van der Waals surface area contributed by atoms with Gasteiger partial charge in [0.25, 0.3) is 0 Å². The Hall–Kier alpha value is -0.220. The molecule has 1 rings (SSSR count). The molecule has 0 unspecified atom stereocenters. The molecule has 1 heterocycles. The molecule has 0 amide bonds. The van der Waals surface area contributed by atoms with Crippen LogP contribution in [-0.2, 0) is 9.53 Å². The lowest BCUT2D eigenvalue weighted by atomic mass is 9.96. The van der Waals surface area contributed by atoms with Crippen LogP contribution in [0.4, 0.5) is 0 Å². The summed E-state index contributed by atoms with van der Waals surface area (Å²) < 4.78 is 4.86. The predicted molar refractivity (Wildman–Crippen MR) is 64.2 cm³/mol. The maximum Gasteiger partial charge on any atom is 0.315 e. The van der Waals surface area contributed by atoms with E-state index in [9.17, 15) is 4.79 Å². The molecule has 15 heavy (non-hydrogen) atoms. The Kier molecular flexibility index (Phi) is 6.85. The van der Waals surface area contributed by atoms with Crippen LogP contribution in [0.3, 0.4) is 0 Å². The number of hydrogen-bond donors (Lipinski definition) is 1. The van der Waals surface area contributed by atoms with Crippen molar-refractivity contribution in [1.29, 1.82) is 0 Å². The van der Waals surface area contributed by atoms with Crippen LogP contribution in [0, 0.1) is 5.92 Å². The highest BCUT2D eigenvalue weighted by molar-refractivity contribution is 7.99. The first kappa shape index (κ1) is 12.8. The SMILES string of the molecule is CCOC(=O)CSCCC1CCNCC1. The Morgan fingerprint density at radius 3 is 2.87 bits per heavy atom. The van der Waals surface area contributed by atoms with Crippen LogP contribution >= 0.6 is 11.8 Å². The van der Waals surface area contributed by atoms with E-state index in [4.69, 9.17) is 4.74 Å². The molecule has 1 aliphatic heterocycles. The van der Waals surface area contributed by atoms with E-state index in [1.165, 1.54) is 19.3 Å². The highest BCUT2D eigenvalue weighted by atomic mass is 32.2. The van der Waals surface area contributed by atoms with E-state index in [0.29, 0.717) is 12.4 Å². The van der Waals surface area contributed by atoms with Crippen molar-refractivity contribution in [3.05, 3.63) is 0 Å². The van der Waals surface area contributed by atoms with Gasteiger partial charge >= 0.3 is 5.97 Å². The standard InChI is InChI=1S/C11H21NO2S/c1-2-14-11(13)9-15-8-5-10-3-6-12-7-4-10/h10,12H,2-9H2,1H3. The summed E-state index contributed by atoms with van der Waals surface area (Å²) in [7, 11) is 0. The molecular weight excluding hydrogens is 210 g/mol. The second kappa shape index (κ2) is 7.99. The normalized spacial score (nSPS) is 17.7. The van der Waals surface area contributed by atoms with Crippen molar-refractivity contribution < 1.29 is 9.53 Å². The molecule has 0 aromatic heterocycles. The summed E-state index contributed by atoms with van der Waals surface area (Å²) in [4.78, 5) is 11.0. The summed E-state index contributed by atoms with van der Waals surface area (Å²) in [6, 6.07) is 0. The van der Waals surface area contributed by atoms with Gasteiger partial charge in [0, 0.05) is 0 Å². The first-order valence-electron chi connectivity index (χ1n) is 5.77. The van der Waals surface area contributed by atoms with E-state index in [1.54, 1.807) is 11.8 Å². The fourth-order valence-electron chi connectivity index (χ4n) is 1.78. The second-order valence-corrected chi connectivity index (χ2v) is 4.94. The van der Waals surface area contributed by atoms with E-state index < -0.39 is 0 Å². The van der Waals surface area contributed by atoms with Crippen LogP contribution in [0.15, 0.2) is 0 Å². The summed E-state index contributed by atoms with van der Waals surface area (Å²) in [6.07, 6.45) is 3.83. The topological polar surface area (TPSA) is 38.3 Å². The third-order valence-electron chi connectivity index (χ3n) is 2.65. The molecule has 4 heteroatoms. The van der Waals surface area contributed by atoms with Crippen molar-refractivity contribution in [1.82, 2.24) is 5.32 Å². The van der Waals surface area contributed by atoms with E-state index >= 15 is 0 Å². The molecule has 1 aliphatic rings. The summed E-state index contributed by atoms with van der Waals surface area (Å²) in [6.45, 7) is 4.66. The molecule has 88 valence electrons. The van der Waals surface area contributed by atoms with Gasteiger partial charge in [0.1, 0.15) is 0 Å². The molecule has 1 N–H and O–H groups in total. The van der Waals surface area contributed by atoms with E-state index in [0.717, 1.165) is 24.8 Å². The van der Waals surface area contributed by atoms with Crippen molar-refractivity contribution in [3.63, 3.8) is 0 Å². The molecule has 0 radical (unpaired) electrons. The van der Waals surface area contributed by atoms with Gasteiger partial charge < -0.3 is 10.1 Å². The lowest BCUT2D eigenvalue weighted by Gasteiger charge is -2.22. The first-order chi connectivity index (χ1) is 7.33. The van der Waals surface area contributed by atoms with Gasteiger partial charge in [-0.15, -0.1) is 0 Å². The minimum Gasteiger partial charge on any atom is -0.465 e. The molecule has 0 bridgehead atoms. The van der Waals surface area contributed by atoms with Crippen LogP contribution in [0.5, 0.6) is 0 Å². The van der Waals surface area contributed by atoms with Crippen molar-refractivity contribution in [2.45, 2.75) is 26.2 Å². The Morgan fingerprint density at radius 1 is 1.47 bits per heavy atom. The summed E-state index contributed by atoms with van der Waals surface area (Å²) in [5, 5.41) is 3.36. The number of nitrogens with one attached hydrogen (secondary N) is 1. The first-order valence-corrected chi connectivity index (χ1v) is 6.92. The molecule has 0 aliphatic carbocycles. The fraction of sp³-hybridized carbons (Fsp3) is 0.909. The van der Waals surface area contributed by atoms with Gasteiger partial charge in [0.15, 0.2) is 0 Å². The van der Waals surface area contributed by atoms with Crippen molar-refractivity contribution in [3.8, 4) is 0 Å². The number of ether oxygens (including phenoxy) is 1. The number of rotatable bonds is 6. The molecule has 1 fully saturated rings. The Labute approximate surface area is 96.3 Å². The van der Waals surface area contributed by atoms with Gasteiger partial charge in [-0.1, -0.05) is 0 Å². The van der Waals surface area contributed by atoms with Crippen LogP contribution in [-0.4, -0.2) is 37.2 Å². The van der Waals surface area contributed by atoms with E-state index in [-0.39, 0.29) is 5.97 Å². The minimum absolute atomic E-state index is 0.0761. The molecule has 1 saturated heterocycles. The lowest BCUT2D eigenvalue weighted by Crippen LogP contribution is -2.28. The van der Waals surface area contributed by atoms with Gasteiger partial charge in [0.2, 0.25) is 0 Å². The highest BCUT2D eigenvalue weighted by Gasteiger charge is 2.12. The van der Waals surface area contributed by atoms with Crippen LogP contribution < -0.4 is 5.32 Å². The zero-order valence-corrected chi connectivity index (χ0v) is 10.3. The zero-order chi connectivity index (χ0) is 10.9. The number of carbonyl (C=O) groups excluding carboxylic acids is 1. The molecule has 0 aromatic rings. The van der Waals surface area contributed by atoms with Gasteiger partial charge in [-0.25, -0.2) is 0 Å². The quantitative estimate of drug-likeness (QED) is 0.557. The third-order valence-corrected chi connectivity index (χ3v) is 3.62. The second-order valence-electron chi connectivity index (χ2n) is 3.84. The van der Waals surface area contributed by atoms with Gasteiger partial charge in [0.05, 0.1) is 12.4 Å². The molecule has 0 spiro atoms. The zero-order valence-electron chi connectivity index (χ0n) is 9.46. The monoisotopic (exact) mass is 231 g/mol. The van der Waals surface area contributed by atoms with Crippen molar-refractivity contribution >= 4 is 17.7 Å². The lowest BCUT2D eigenvalue weighted by molar-refractivity contribution is -0.139. The molecule has 0 aromatic carbocycles. The summed E-state index contributed by atoms with van der Waals surface area (Å²) in [5.74, 6) is 2.39. The van der Waals surface area contributed by atoms with Crippen molar-refractivity contribution in [2.75, 3.05) is 31.2 Å². The third kappa shape index (κ3) is 6.05. The number of hydrogen-bond acceptors (Lipinski definition) is 4. The molecular formula is C11H21NO2S.